The minimum Gasteiger partial charge on any atom is -0.493 e. The Morgan fingerprint density at radius 3 is 2.79 bits per heavy atom. The van der Waals surface area contributed by atoms with Gasteiger partial charge in [0, 0.05) is 63.3 Å². The number of carbonyl (C=O) groups is 1. The largest absolute Gasteiger partial charge is 0.493 e. The zero-order chi connectivity index (χ0) is 19.9. The van der Waals surface area contributed by atoms with Crippen molar-refractivity contribution in [2.45, 2.75) is 19.9 Å². The number of hydrogen-bond donors (Lipinski definition) is 1. The van der Waals surface area contributed by atoms with Crippen molar-refractivity contribution in [1.82, 2.24) is 19.6 Å². The van der Waals surface area contributed by atoms with Crippen molar-refractivity contribution in [3.8, 4) is 11.5 Å². The van der Waals surface area contributed by atoms with Gasteiger partial charge in [0.1, 0.15) is 0 Å². The summed E-state index contributed by atoms with van der Waals surface area (Å²) < 4.78 is 12.7. The number of rotatable bonds is 6. The van der Waals surface area contributed by atoms with E-state index in [9.17, 15) is 4.79 Å². The number of benzene rings is 1. The van der Waals surface area contributed by atoms with Gasteiger partial charge >= 0.3 is 6.03 Å². The second kappa shape index (κ2) is 9.45. The topological polar surface area (TPSA) is 71.9 Å². The lowest BCUT2D eigenvalue weighted by Gasteiger charge is -2.22. The van der Waals surface area contributed by atoms with E-state index in [4.69, 9.17) is 9.47 Å². The lowest BCUT2D eigenvalue weighted by atomic mass is 10.2. The fourth-order valence-corrected chi connectivity index (χ4v) is 3.37. The third kappa shape index (κ3) is 5.16. The number of anilines is 1. The van der Waals surface area contributed by atoms with Crippen LogP contribution in [-0.2, 0) is 13.6 Å². The first-order chi connectivity index (χ1) is 13.6. The molecular weight excluding hydrogens is 358 g/mol. The van der Waals surface area contributed by atoms with Crippen molar-refractivity contribution < 1.29 is 14.3 Å². The molecule has 2 aromatic rings. The minimum absolute atomic E-state index is 0.0872. The van der Waals surface area contributed by atoms with Crippen molar-refractivity contribution in [3.63, 3.8) is 0 Å². The molecule has 3 rings (SSSR count). The summed E-state index contributed by atoms with van der Waals surface area (Å²) in [4.78, 5) is 17.0. The molecule has 2 amide bonds. The highest BCUT2D eigenvalue weighted by Gasteiger charge is 2.20. The predicted octanol–water partition coefficient (Wildman–Crippen LogP) is 2.57. The Hall–Kier alpha value is -2.74. The smallest absolute Gasteiger partial charge is 0.321 e. The number of nitrogens with one attached hydrogen (secondary N) is 1. The molecule has 8 nitrogen and oxygen atoms in total. The maximum atomic E-state index is 12.7. The van der Waals surface area contributed by atoms with E-state index < -0.39 is 0 Å². The number of amides is 2. The van der Waals surface area contributed by atoms with Gasteiger partial charge in [-0.2, -0.15) is 5.10 Å². The lowest BCUT2D eigenvalue weighted by molar-refractivity contribution is 0.211. The maximum absolute atomic E-state index is 12.7. The van der Waals surface area contributed by atoms with Gasteiger partial charge < -0.3 is 19.7 Å². The summed E-state index contributed by atoms with van der Waals surface area (Å²) in [5, 5.41) is 7.20. The molecule has 1 N–H and O–H groups in total. The van der Waals surface area contributed by atoms with Gasteiger partial charge in [0.05, 0.1) is 19.9 Å². The van der Waals surface area contributed by atoms with Gasteiger partial charge in [-0.3, -0.25) is 9.58 Å². The van der Waals surface area contributed by atoms with Crippen LogP contribution >= 0.6 is 0 Å². The molecule has 0 aliphatic carbocycles. The van der Waals surface area contributed by atoms with Crippen LogP contribution in [0.4, 0.5) is 10.5 Å². The summed E-state index contributed by atoms with van der Waals surface area (Å²) in [6, 6.07) is 5.34. The molecule has 1 aliphatic rings. The van der Waals surface area contributed by atoms with Crippen LogP contribution in [0.2, 0.25) is 0 Å². The van der Waals surface area contributed by atoms with Gasteiger partial charge in [0.15, 0.2) is 11.5 Å². The second-order valence-electron chi connectivity index (χ2n) is 6.87. The van der Waals surface area contributed by atoms with E-state index in [1.54, 1.807) is 19.2 Å². The van der Waals surface area contributed by atoms with Crippen LogP contribution in [-0.4, -0.2) is 65.5 Å². The standard InChI is InChI=1S/C20H29N5O3/c1-4-28-19-12-17(6-7-18(19)27-3)22-20(26)25-9-5-8-24(10-11-25)15-16-13-21-23(2)14-16/h6-7,12-14H,4-5,8-11,15H2,1-3H3,(H,22,26). The van der Waals surface area contributed by atoms with E-state index >= 15 is 0 Å². The first-order valence-corrected chi connectivity index (χ1v) is 9.65. The van der Waals surface area contributed by atoms with Crippen LogP contribution in [0, 0.1) is 0 Å². The third-order valence-corrected chi connectivity index (χ3v) is 4.76. The van der Waals surface area contributed by atoms with Crippen molar-refractivity contribution in [1.29, 1.82) is 0 Å². The average Bonchev–Trinajstić information content (AvgIpc) is 2.94. The van der Waals surface area contributed by atoms with Crippen LogP contribution in [0.1, 0.15) is 18.9 Å². The number of aryl methyl sites for hydroxylation is 1. The Kier molecular flexibility index (Phi) is 6.76. The number of carbonyl (C=O) groups excluding carboxylic acids is 1. The fourth-order valence-electron chi connectivity index (χ4n) is 3.37. The molecule has 0 spiro atoms. The van der Waals surface area contributed by atoms with Gasteiger partial charge in [0.25, 0.3) is 0 Å². The molecule has 28 heavy (non-hydrogen) atoms. The number of aromatic nitrogens is 2. The van der Waals surface area contributed by atoms with E-state index in [2.05, 4.69) is 15.3 Å². The van der Waals surface area contributed by atoms with Crippen molar-refractivity contribution in [2.24, 2.45) is 7.05 Å². The van der Waals surface area contributed by atoms with Crippen LogP contribution < -0.4 is 14.8 Å². The Labute approximate surface area is 166 Å². The van der Waals surface area contributed by atoms with Crippen LogP contribution in [0.3, 0.4) is 0 Å². The van der Waals surface area contributed by atoms with Crippen molar-refractivity contribution in [2.75, 3.05) is 45.2 Å². The molecule has 152 valence electrons. The summed E-state index contributed by atoms with van der Waals surface area (Å²) in [5.74, 6) is 1.28. The number of nitrogens with zero attached hydrogens (tertiary/aromatic N) is 4. The Bertz CT molecular complexity index is 792. The molecule has 1 aromatic carbocycles. The van der Waals surface area contributed by atoms with E-state index in [1.807, 2.05) is 42.0 Å². The van der Waals surface area contributed by atoms with Gasteiger partial charge in [-0.15, -0.1) is 0 Å². The summed E-state index contributed by atoms with van der Waals surface area (Å²) in [7, 11) is 3.53. The van der Waals surface area contributed by atoms with Gasteiger partial charge in [0.2, 0.25) is 0 Å². The van der Waals surface area contributed by atoms with E-state index in [-0.39, 0.29) is 6.03 Å². The van der Waals surface area contributed by atoms with E-state index in [0.717, 1.165) is 32.6 Å². The normalized spacial score (nSPS) is 15.2. The van der Waals surface area contributed by atoms with E-state index in [1.165, 1.54) is 5.56 Å². The van der Waals surface area contributed by atoms with Crippen LogP contribution in [0.5, 0.6) is 11.5 Å². The Morgan fingerprint density at radius 2 is 2.07 bits per heavy atom. The average molecular weight is 387 g/mol. The molecule has 1 aliphatic heterocycles. The monoisotopic (exact) mass is 387 g/mol. The van der Waals surface area contributed by atoms with Crippen molar-refractivity contribution >= 4 is 11.7 Å². The Morgan fingerprint density at radius 1 is 1.21 bits per heavy atom. The summed E-state index contributed by atoms with van der Waals surface area (Å²) >= 11 is 0. The first kappa shape index (κ1) is 20.0. The quantitative estimate of drug-likeness (QED) is 0.825. The van der Waals surface area contributed by atoms with Gasteiger partial charge in [-0.25, -0.2) is 4.79 Å². The summed E-state index contributed by atoms with van der Waals surface area (Å²) in [5.41, 5.74) is 1.90. The summed E-state index contributed by atoms with van der Waals surface area (Å²) in [6.45, 7) is 6.56. The number of hydrogen-bond acceptors (Lipinski definition) is 5. The molecule has 0 unspecified atom stereocenters. The molecular formula is C20H29N5O3. The predicted molar refractivity (Wildman–Crippen MR) is 108 cm³/mol. The second-order valence-corrected chi connectivity index (χ2v) is 6.87. The molecule has 1 fully saturated rings. The highest BCUT2D eigenvalue weighted by molar-refractivity contribution is 5.89. The zero-order valence-electron chi connectivity index (χ0n) is 16.9. The molecule has 0 atom stereocenters. The first-order valence-electron chi connectivity index (χ1n) is 9.65. The molecule has 0 radical (unpaired) electrons. The SMILES string of the molecule is CCOc1cc(NC(=O)N2CCCN(Cc3cnn(C)c3)CC2)ccc1OC. The maximum Gasteiger partial charge on any atom is 0.321 e. The van der Waals surface area contributed by atoms with Gasteiger partial charge in [-0.05, 0) is 25.5 Å². The Balaban J connectivity index is 1.56. The van der Waals surface area contributed by atoms with Crippen LogP contribution in [0.25, 0.3) is 0 Å². The van der Waals surface area contributed by atoms with Gasteiger partial charge in [-0.1, -0.05) is 0 Å². The molecule has 8 heteroatoms. The highest BCUT2D eigenvalue weighted by atomic mass is 16.5. The lowest BCUT2D eigenvalue weighted by Crippen LogP contribution is -2.38. The molecule has 2 heterocycles. The number of urea groups is 1. The molecule has 1 aromatic heterocycles. The molecule has 0 saturated carbocycles. The number of methoxy groups -OCH3 is 1. The van der Waals surface area contributed by atoms with Crippen molar-refractivity contribution in [3.05, 3.63) is 36.2 Å². The molecule has 1 saturated heterocycles. The zero-order valence-corrected chi connectivity index (χ0v) is 16.9. The molecule has 0 bridgehead atoms. The number of ether oxygens (including phenoxy) is 2. The minimum atomic E-state index is -0.0872. The summed E-state index contributed by atoms with van der Waals surface area (Å²) in [6.07, 6.45) is 4.88. The van der Waals surface area contributed by atoms with Crippen LogP contribution in [0.15, 0.2) is 30.6 Å². The third-order valence-electron chi connectivity index (χ3n) is 4.76. The van der Waals surface area contributed by atoms with E-state index in [0.29, 0.717) is 30.3 Å². The highest BCUT2D eigenvalue weighted by Crippen LogP contribution is 2.30. The fraction of sp³-hybridized carbons (Fsp3) is 0.500.